The van der Waals surface area contributed by atoms with Crippen molar-refractivity contribution in [1.82, 2.24) is 0 Å². The van der Waals surface area contributed by atoms with Gasteiger partial charge in [0.1, 0.15) is 0 Å². The highest BCUT2D eigenvalue weighted by Gasteiger charge is 2.27. The molecule has 4 heteroatoms. The van der Waals surface area contributed by atoms with Gasteiger partial charge in [0.15, 0.2) is 0 Å². The van der Waals surface area contributed by atoms with Gasteiger partial charge in [-0.3, -0.25) is 10.1 Å². The summed E-state index contributed by atoms with van der Waals surface area (Å²) >= 11 is 0. The molecular weight excluding hydrogens is 230 g/mol. The minimum atomic E-state index is -0.388. The molecule has 0 saturated heterocycles. The predicted molar refractivity (Wildman–Crippen MR) is 69.3 cm³/mol. The largest absolute Gasteiger partial charge is 0.393 e. The third-order valence-electron chi connectivity index (χ3n) is 3.85. The van der Waals surface area contributed by atoms with Gasteiger partial charge < -0.3 is 5.11 Å². The standard InChI is InChI=1S/C14H19NO3/c1-10-2-7-14(16)12(8-10)9-11-3-5-13(6-4-11)15(17)18/h3-6,10,12,14,16H,2,7-9H2,1H3. The molecule has 1 aromatic carbocycles. The van der Waals surface area contributed by atoms with Crippen molar-refractivity contribution in [3.63, 3.8) is 0 Å². The van der Waals surface area contributed by atoms with Gasteiger partial charge in [0.25, 0.3) is 5.69 Å². The number of non-ortho nitro benzene ring substituents is 1. The lowest BCUT2D eigenvalue weighted by Gasteiger charge is -2.31. The predicted octanol–water partition coefficient (Wildman–Crippen LogP) is 2.93. The average molecular weight is 249 g/mol. The van der Waals surface area contributed by atoms with Crippen molar-refractivity contribution >= 4 is 5.69 Å². The second kappa shape index (κ2) is 5.48. The van der Waals surface area contributed by atoms with Crippen LogP contribution in [0.4, 0.5) is 5.69 Å². The van der Waals surface area contributed by atoms with E-state index in [4.69, 9.17) is 0 Å². The van der Waals surface area contributed by atoms with Crippen molar-refractivity contribution in [1.29, 1.82) is 0 Å². The van der Waals surface area contributed by atoms with Gasteiger partial charge in [-0.15, -0.1) is 0 Å². The molecule has 0 amide bonds. The summed E-state index contributed by atoms with van der Waals surface area (Å²) in [4.78, 5) is 10.2. The minimum Gasteiger partial charge on any atom is -0.393 e. The summed E-state index contributed by atoms with van der Waals surface area (Å²) in [5.74, 6) is 0.951. The summed E-state index contributed by atoms with van der Waals surface area (Å²) in [6.45, 7) is 2.22. The second-order valence-electron chi connectivity index (χ2n) is 5.37. The van der Waals surface area contributed by atoms with Crippen molar-refractivity contribution in [3.8, 4) is 0 Å². The lowest BCUT2D eigenvalue weighted by Crippen LogP contribution is -2.29. The van der Waals surface area contributed by atoms with Crippen LogP contribution in [0.15, 0.2) is 24.3 Å². The van der Waals surface area contributed by atoms with Crippen LogP contribution in [0.2, 0.25) is 0 Å². The van der Waals surface area contributed by atoms with Crippen molar-refractivity contribution in [3.05, 3.63) is 39.9 Å². The molecule has 1 N–H and O–H groups in total. The van der Waals surface area contributed by atoms with Crippen LogP contribution in [0.1, 0.15) is 31.7 Å². The minimum absolute atomic E-state index is 0.122. The quantitative estimate of drug-likeness (QED) is 0.661. The Kier molecular flexibility index (Phi) is 3.97. The highest BCUT2D eigenvalue weighted by molar-refractivity contribution is 5.33. The summed E-state index contributed by atoms with van der Waals surface area (Å²) in [7, 11) is 0. The summed E-state index contributed by atoms with van der Waals surface area (Å²) in [6.07, 6.45) is 3.59. The van der Waals surface area contributed by atoms with E-state index in [2.05, 4.69) is 6.92 Å². The number of nitro groups is 1. The number of hydrogen-bond donors (Lipinski definition) is 1. The molecule has 0 radical (unpaired) electrons. The summed E-state index contributed by atoms with van der Waals surface area (Å²) in [6, 6.07) is 6.66. The number of benzene rings is 1. The van der Waals surface area contributed by atoms with Gasteiger partial charge in [-0.25, -0.2) is 0 Å². The number of nitro benzene ring substituents is 1. The third kappa shape index (κ3) is 3.07. The Morgan fingerprint density at radius 3 is 2.61 bits per heavy atom. The van der Waals surface area contributed by atoms with Crippen LogP contribution >= 0.6 is 0 Å². The molecule has 1 saturated carbocycles. The molecule has 0 aliphatic heterocycles. The van der Waals surface area contributed by atoms with E-state index in [0.29, 0.717) is 5.92 Å². The zero-order valence-electron chi connectivity index (χ0n) is 10.6. The molecule has 3 atom stereocenters. The monoisotopic (exact) mass is 249 g/mol. The first-order valence-corrected chi connectivity index (χ1v) is 6.47. The maximum absolute atomic E-state index is 10.6. The summed E-state index contributed by atoms with van der Waals surface area (Å²) in [5, 5.41) is 20.5. The molecule has 0 heterocycles. The number of rotatable bonds is 3. The normalized spacial score (nSPS) is 28.0. The fraction of sp³-hybridized carbons (Fsp3) is 0.571. The van der Waals surface area contributed by atoms with E-state index in [9.17, 15) is 15.2 Å². The number of hydrogen-bond acceptors (Lipinski definition) is 3. The fourth-order valence-electron chi connectivity index (χ4n) is 2.76. The maximum Gasteiger partial charge on any atom is 0.269 e. The summed E-state index contributed by atoms with van der Waals surface area (Å²) in [5.41, 5.74) is 1.19. The van der Waals surface area contributed by atoms with Crippen molar-refractivity contribution in [2.24, 2.45) is 11.8 Å². The van der Waals surface area contributed by atoms with Crippen molar-refractivity contribution in [2.45, 2.75) is 38.7 Å². The van der Waals surface area contributed by atoms with Crippen LogP contribution in [0.25, 0.3) is 0 Å². The van der Waals surface area contributed by atoms with E-state index >= 15 is 0 Å². The molecule has 1 aromatic rings. The maximum atomic E-state index is 10.6. The molecule has 4 nitrogen and oxygen atoms in total. The topological polar surface area (TPSA) is 63.4 Å². The first-order chi connectivity index (χ1) is 8.56. The second-order valence-corrected chi connectivity index (χ2v) is 5.37. The molecule has 0 spiro atoms. The van der Waals surface area contributed by atoms with Crippen LogP contribution in [0.3, 0.4) is 0 Å². The van der Waals surface area contributed by atoms with Gasteiger partial charge >= 0.3 is 0 Å². The number of aliphatic hydroxyl groups excluding tert-OH is 1. The van der Waals surface area contributed by atoms with E-state index in [1.54, 1.807) is 12.1 Å². The van der Waals surface area contributed by atoms with Crippen molar-refractivity contribution < 1.29 is 10.0 Å². The van der Waals surface area contributed by atoms with Gasteiger partial charge in [-0.1, -0.05) is 19.1 Å². The lowest BCUT2D eigenvalue weighted by atomic mass is 9.77. The Labute approximate surface area is 107 Å². The third-order valence-corrected chi connectivity index (χ3v) is 3.85. The van der Waals surface area contributed by atoms with E-state index in [0.717, 1.165) is 31.2 Å². The highest BCUT2D eigenvalue weighted by atomic mass is 16.6. The van der Waals surface area contributed by atoms with E-state index in [1.165, 1.54) is 12.1 Å². The first kappa shape index (κ1) is 13.0. The van der Waals surface area contributed by atoms with E-state index < -0.39 is 0 Å². The van der Waals surface area contributed by atoms with Gasteiger partial charge in [-0.05, 0) is 43.1 Å². The van der Waals surface area contributed by atoms with Crippen LogP contribution in [-0.2, 0) is 6.42 Å². The zero-order chi connectivity index (χ0) is 13.1. The Morgan fingerprint density at radius 1 is 1.33 bits per heavy atom. The molecule has 0 bridgehead atoms. The summed E-state index contributed by atoms with van der Waals surface area (Å²) < 4.78 is 0. The fourth-order valence-corrected chi connectivity index (χ4v) is 2.76. The Balaban J connectivity index is 2.02. The van der Waals surface area contributed by atoms with Crippen LogP contribution in [-0.4, -0.2) is 16.1 Å². The molecule has 1 fully saturated rings. The molecule has 0 aromatic heterocycles. The van der Waals surface area contributed by atoms with Gasteiger partial charge in [0.05, 0.1) is 11.0 Å². The van der Waals surface area contributed by atoms with Crippen molar-refractivity contribution in [2.75, 3.05) is 0 Å². The lowest BCUT2D eigenvalue weighted by molar-refractivity contribution is -0.384. The zero-order valence-corrected chi connectivity index (χ0v) is 10.6. The van der Waals surface area contributed by atoms with E-state index in [-0.39, 0.29) is 22.6 Å². The Hall–Kier alpha value is -1.42. The SMILES string of the molecule is CC1CCC(O)C(Cc2ccc([N+](=O)[O-])cc2)C1. The number of aliphatic hydroxyl groups is 1. The average Bonchev–Trinajstić information content (AvgIpc) is 2.34. The molecular formula is C14H19NO3. The molecule has 1 aliphatic carbocycles. The first-order valence-electron chi connectivity index (χ1n) is 6.47. The Morgan fingerprint density at radius 2 is 2.00 bits per heavy atom. The molecule has 18 heavy (non-hydrogen) atoms. The molecule has 2 rings (SSSR count). The van der Waals surface area contributed by atoms with E-state index in [1.807, 2.05) is 0 Å². The van der Waals surface area contributed by atoms with Gasteiger partial charge in [-0.2, -0.15) is 0 Å². The van der Waals surface area contributed by atoms with Crippen LogP contribution in [0, 0.1) is 22.0 Å². The smallest absolute Gasteiger partial charge is 0.269 e. The van der Waals surface area contributed by atoms with Crippen LogP contribution in [0.5, 0.6) is 0 Å². The molecule has 1 aliphatic rings. The highest BCUT2D eigenvalue weighted by Crippen LogP contribution is 2.31. The molecule has 98 valence electrons. The van der Waals surface area contributed by atoms with Gasteiger partial charge in [0.2, 0.25) is 0 Å². The Bertz CT molecular complexity index is 416. The van der Waals surface area contributed by atoms with Crippen LogP contribution < -0.4 is 0 Å². The number of nitrogens with zero attached hydrogens (tertiary/aromatic N) is 1. The van der Waals surface area contributed by atoms with Gasteiger partial charge in [0, 0.05) is 12.1 Å². The molecule has 3 unspecified atom stereocenters.